The van der Waals surface area contributed by atoms with Gasteiger partial charge in [0.05, 0.1) is 30.8 Å². The topological polar surface area (TPSA) is 127 Å². The number of benzene rings is 1. The summed E-state index contributed by atoms with van der Waals surface area (Å²) in [5.41, 5.74) is 9.82. The van der Waals surface area contributed by atoms with Crippen LogP contribution in [-0.2, 0) is 4.74 Å². The highest BCUT2D eigenvalue weighted by atomic mass is 16.5. The second-order valence-corrected chi connectivity index (χ2v) is 6.30. The van der Waals surface area contributed by atoms with E-state index in [4.69, 9.17) is 15.2 Å². The van der Waals surface area contributed by atoms with Crippen LogP contribution in [0.1, 0.15) is 16.1 Å². The van der Waals surface area contributed by atoms with Crippen molar-refractivity contribution in [2.24, 2.45) is 10.8 Å². The lowest BCUT2D eigenvalue weighted by atomic mass is 10.2. The standard InChI is InChI=1S/C19H25N7O3/c1-21-5-8-29-17-12-16(23-19(24-17)26-6-9-28-10-7-26)13-22-25-15-4-2-3-14(11-15)18(20)27/h2-4,11-13,21,25H,5-10H2,1H3,(H2,20,27). The fourth-order valence-electron chi connectivity index (χ4n) is 2.65. The van der Waals surface area contributed by atoms with Crippen LogP contribution in [0.4, 0.5) is 11.6 Å². The van der Waals surface area contributed by atoms with Gasteiger partial charge in [0.1, 0.15) is 6.61 Å². The molecule has 1 aliphatic heterocycles. The fraction of sp³-hybridized carbons (Fsp3) is 0.368. The number of anilines is 2. The number of hydrazone groups is 1. The van der Waals surface area contributed by atoms with Crippen LogP contribution in [0, 0.1) is 0 Å². The molecule has 0 aliphatic carbocycles. The number of aromatic nitrogens is 2. The number of morpholine rings is 1. The van der Waals surface area contributed by atoms with E-state index in [1.165, 1.54) is 0 Å². The van der Waals surface area contributed by atoms with Gasteiger partial charge < -0.3 is 25.4 Å². The maximum absolute atomic E-state index is 11.3. The lowest BCUT2D eigenvalue weighted by Gasteiger charge is -2.27. The number of amides is 1. The third-order valence-corrected chi connectivity index (χ3v) is 4.14. The zero-order valence-electron chi connectivity index (χ0n) is 16.3. The van der Waals surface area contributed by atoms with Gasteiger partial charge in [-0.25, -0.2) is 4.98 Å². The molecule has 0 saturated carbocycles. The van der Waals surface area contributed by atoms with Crippen molar-refractivity contribution < 1.29 is 14.3 Å². The number of hydrogen-bond acceptors (Lipinski definition) is 9. The van der Waals surface area contributed by atoms with Crippen LogP contribution in [0.2, 0.25) is 0 Å². The zero-order chi connectivity index (χ0) is 20.5. The van der Waals surface area contributed by atoms with Crippen molar-refractivity contribution in [3.63, 3.8) is 0 Å². The van der Waals surface area contributed by atoms with Gasteiger partial charge in [0, 0.05) is 31.3 Å². The highest BCUT2D eigenvalue weighted by Crippen LogP contribution is 2.17. The molecule has 154 valence electrons. The van der Waals surface area contributed by atoms with Gasteiger partial charge in [0.2, 0.25) is 17.7 Å². The molecule has 1 amide bonds. The maximum atomic E-state index is 11.3. The molecule has 1 aliphatic rings. The quantitative estimate of drug-likeness (QED) is 0.315. The van der Waals surface area contributed by atoms with Gasteiger partial charge in [-0.2, -0.15) is 10.1 Å². The second kappa shape index (κ2) is 10.3. The minimum absolute atomic E-state index is 0.405. The van der Waals surface area contributed by atoms with E-state index in [9.17, 15) is 4.79 Å². The summed E-state index contributed by atoms with van der Waals surface area (Å²) in [6.45, 7) is 3.90. The van der Waals surface area contributed by atoms with Crippen LogP contribution in [0.25, 0.3) is 0 Å². The van der Waals surface area contributed by atoms with Crippen LogP contribution >= 0.6 is 0 Å². The van der Waals surface area contributed by atoms with Gasteiger partial charge in [0.25, 0.3) is 0 Å². The van der Waals surface area contributed by atoms with Crippen LogP contribution in [-0.4, -0.2) is 68.6 Å². The maximum Gasteiger partial charge on any atom is 0.248 e. The van der Waals surface area contributed by atoms with E-state index >= 15 is 0 Å². The summed E-state index contributed by atoms with van der Waals surface area (Å²) in [5.74, 6) is 0.563. The van der Waals surface area contributed by atoms with Crippen molar-refractivity contribution in [1.29, 1.82) is 0 Å². The Labute approximate surface area is 169 Å². The molecule has 0 bridgehead atoms. The van der Waals surface area contributed by atoms with Crippen molar-refractivity contribution in [3.05, 3.63) is 41.6 Å². The number of hydrogen-bond donors (Lipinski definition) is 3. The van der Waals surface area contributed by atoms with E-state index in [1.54, 1.807) is 36.5 Å². The molecule has 0 unspecified atom stereocenters. The number of nitrogens with zero attached hydrogens (tertiary/aromatic N) is 4. The van der Waals surface area contributed by atoms with E-state index in [1.807, 2.05) is 7.05 Å². The van der Waals surface area contributed by atoms with Crippen LogP contribution in [0.5, 0.6) is 5.88 Å². The molecule has 1 fully saturated rings. The lowest BCUT2D eigenvalue weighted by Crippen LogP contribution is -2.37. The molecule has 10 nitrogen and oxygen atoms in total. The molecule has 29 heavy (non-hydrogen) atoms. The van der Waals surface area contributed by atoms with Crippen LogP contribution in [0.3, 0.4) is 0 Å². The number of carbonyl (C=O) groups excluding carboxylic acids is 1. The lowest BCUT2D eigenvalue weighted by molar-refractivity contribution is 0.100. The van der Waals surface area contributed by atoms with Gasteiger partial charge in [-0.3, -0.25) is 10.2 Å². The Morgan fingerprint density at radius 1 is 1.34 bits per heavy atom. The number of primary amides is 1. The van der Waals surface area contributed by atoms with E-state index in [0.29, 0.717) is 68.2 Å². The average molecular weight is 399 g/mol. The second-order valence-electron chi connectivity index (χ2n) is 6.30. The van der Waals surface area contributed by atoms with Gasteiger partial charge in [0.15, 0.2) is 0 Å². The van der Waals surface area contributed by atoms with E-state index in [2.05, 4.69) is 30.7 Å². The average Bonchev–Trinajstić information content (AvgIpc) is 2.75. The molecule has 3 rings (SSSR count). The van der Waals surface area contributed by atoms with Crippen molar-refractivity contribution in [3.8, 4) is 5.88 Å². The van der Waals surface area contributed by atoms with Crippen LogP contribution in [0.15, 0.2) is 35.4 Å². The van der Waals surface area contributed by atoms with Crippen molar-refractivity contribution >= 4 is 23.8 Å². The van der Waals surface area contributed by atoms with Crippen LogP contribution < -0.4 is 26.1 Å². The first-order chi connectivity index (χ1) is 14.2. The number of ether oxygens (including phenoxy) is 2. The molecule has 0 radical (unpaired) electrons. The van der Waals surface area contributed by atoms with Crippen molar-refractivity contribution in [2.45, 2.75) is 0 Å². The molecule has 1 saturated heterocycles. The minimum atomic E-state index is -0.494. The van der Waals surface area contributed by atoms with Gasteiger partial charge in [-0.05, 0) is 25.2 Å². The Balaban J connectivity index is 1.75. The number of nitrogens with one attached hydrogen (secondary N) is 2. The molecule has 1 aromatic carbocycles. The highest BCUT2D eigenvalue weighted by Gasteiger charge is 2.16. The molecule has 0 atom stereocenters. The summed E-state index contributed by atoms with van der Waals surface area (Å²) in [7, 11) is 1.86. The Hall–Kier alpha value is -3.24. The minimum Gasteiger partial charge on any atom is -0.476 e. The molecule has 0 spiro atoms. The summed E-state index contributed by atoms with van der Waals surface area (Å²) in [5, 5.41) is 7.24. The largest absolute Gasteiger partial charge is 0.476 e. The SMILES string of the molecule is CNCCOc1cc(C=NNc2cccc(C(N)=O)c2)nc(N2CCOCC2)n1. The van der Waals surface area contributed by atoms with Crippen molar-refractivity contribution in [2.75, 3.05) is 56.8 Å². The summed E-state index contributed by atoms with van der Waals surface area (Å²) in [6, 6.07) is 8.52. The summed E-state index contributed by atoms with van der Waals surface area (Å²) in [4.78, 5) is 22.4. The van der Waals surface area contributed by atoms with E-state index < -0.39 is 5.91 Å². The molecule has 2 heterocycles. The first-order valence-electron chi connectivity index (χ1n) is 9.34. The summed E-state index contributed by atoms with van der Waals surface area (Å²) >= 11 is 0. The molecule has 1 aromatic heterocycles. The third kappa shape index (κ3) is 6.13. The number of rotatable bonds is 9. The normalized spacial score (nSPS) is 14.2. The van der Waals surface area contributed by atoms with Gasteiger partial charge in [-0.1, -0.05) is 6.07 Å². The monoisotopic (exact) mass is 399 g/mol. The zero-order valence-corrected chi connectivity index (χ0v) is 16.3. The first kappa shape index (κ1) is 20.5. The third-order valence-electron chi connectivity index (χ3n) is 4.14. The Morgan fingerprint density at radius 3 is 2.93 bits per heavy atom. The number of carbonyl (C=O) groups is 1. The van der Waals surface area contributed by atoms with Gasteiger partial charge in [-0.15, -0.1) is 0 Å². The smallest absolute Gasteiger partial charge is 0.248 e. The van der Waals surface area contributed by atoms with Gasteiger partial charge >= 0.3 is 0 Å². The number of nitrogens with two attached hydrogens (primary N) is 1. The molecular weight excluding hydrogens is 374 g/mol. The fourth-order valence-corrected chi connectivity index (χ4v) is 2.65. The predicted molar refractivity (Wildman–Crippen MR) is 111 cm³/mol. The summed E-state index contributed by atoms with van der Waals surface area (Å²) in [6.07, 6.45) is 1.58. The Bertz CT molecular complexity index is 853. The predicted octanol–water partition coefficient (Wildman–Crippen LogP) is 0.456. The Morgan fingerprint density at radius 2 is 2.17 bits per heavy atom. The van der Waals surface area contributed by atoms with Crippen molar-refractivity contribution in [1.82, 2.24) is 15.3 Å². The molecule has 2 aromatic rings. The number of likely N-dealkylation sites (N-methyl/N-ethyl adjacent to an activating group) is 1. The highest BCUT2D eigenvalue weighted by molar-refractivity contribution is 5.93. The Kier molecular flexibility index (Phi) is 7.31. The molecular formula is C19H25N7O3. The van der Waals surface area contributed by atoms with E-state index in [0.717, 1.165) is 0 Å². The molecule has 4 N–H and O–H groups in total. The molecule has 10 heteroatoms. The summed E-state index contributed by atoms with van der Waals surface area (Å²) < 4.78 is 11.1. The first-order valence-corrected chi connectivity index (χ1v) is 9.34. The van der Waals surface area contributed by atoms with E-state index in [-0.39, 0.29) is 0 Å².